The molecule has 2 saturated heterocycles. The lowest BCUT2D eigenvalue weighted by atomic mass is 10.1. The summed E-state index contributed by atoms with van der Waals surface area (Å²) >= 11 is 6.00. The SMILES string of the molecule is O=C(CCc1cccc(Cl)c1)N1CCCN([C@H]2CCOC2)CC1. The summed E-state index contributed by atoms with van der Waals surface area (Å²) in [5.41, 5.74) is 1.13. The molecular weight excluding hydrogens is 312 g/mol. The van der Waals surface area contributed by atoms with E-state index in [4.69, 9.17) is 16.3 Å². The highest BCUT2D eigenvalue weighted by Crippen LogP contribution is 2.16. The molecule has 23 heavy (non-hydrogen) atoms. The number of carbonyl (C=O) groups is 1. The zero-order chi connectivity index (χ0) is 16.1. The molecule has 0 bridgehead atoms. The van der Waals surface area contributed by atoms with Crippen LogP contribution >= 0.6 is 11.6 Å². The maximum absolute atomic E-state index is 12.5. The first-order chi connectivity index (χ1) is 11.2. The standard InChI is InChI=1S/C18H25ClN2O2/c19-16-4-1-3-15(13-16)5-6-18(22)21-9-2-8-20(10-11-21)17-7-12-23-14-17/h1,3-4,13,17H,2,5-12,14H2/t17-/m0/s1. The van der Waals surface area contributed by atoms with Crippen molar-refractivity contribution in [3.8, 4) is 0 Å². The van der Waals surface area contributed by atoms with Crippen molar-refractivity contribution in [1.29, 1.82) is 0 Å². The van der Waals surface area contributed by atoms with Crippen molar-refractivity contribution in [2.75, 3.05) is 39.4 Å². The van der Waals surface area contributed by atoms with E-state index in [2.05, 4.69) is 4.90 Å². The number of benzene rings is 1. The van der Waals surface area contributed by atoms with Crippen molar-refractivity contribution < 1.29 is 9.53 Å². The van der Waals surface area contributed by atoms with E-state index in [1.54, 1.807) is 0 Å². The van der Waals surface area contributed by atoms with Crippen LogP contribution in [0, 0.1) is 0 Å². The molecule has 2 aliphatic heterocycles. The highest BCUT2D eigenvalue weighted by Gasteiger charge is 2.26. The van der Waals surface area contributed by atoms with Crippen LogP contribution in [0.25, 0.3) is 0 Å². The average molecular weight is 337 g/mol. The molecule has 1 aromatic rings. The van der Waals surface area contributed by atoms with Gasteiger partial charge in [0.05, 0.1) is 6.61 Å². The Morgan fingerprint density at radius 3 is 2.96 bits per heavy atom. The topological polar surface area (TPSA) is 32.8 Å². The molecule has 2 fully saturated rings. The lowest BCUT2D eigenvalue weighted by Crippen LogP contribution is -2.39. The van der Waals surface area contributed by atoms with Crippen molar-refractivity contribution in [3.05, 3.63) is 34.9 Å². The summed E-state index contributed by atoms with van der Waals surface area (Å²) in [5.74, 6) is 0.259. The zero-order valence-corrected chi connectivity index (χ0v) is 14.3. The minimum Gasteiger partial charge on any atom is -0.380 e. The molecule has 2 heterocycles. The van der Waals surface area contributed by atoms with Gasteiger partial charge in [-0.15, -0.1) is 0 Å². The Kier molecular flexibility index (Phi) is 5.92. The first-order valence-corrected chi connectivity index (χ1v) is 8.94. The van der Waals surface area contributed by atoms with Gasteiger partial charge < -0.3 is 9.64 Å². The van der Waals surface area contributed by atoms with E-state index in [1.165, 1.54) is 0 Å². The Hall–Kier alpha value is -1.10. The molecule has 0 aliphatic carbocycles. The smallest absolute Gasteiger partial charge is 0.222 e. The summed E-state index contributed by atoms with van der Waals surface area (Å²) in [7, 11) is 0. The third-order valence-corrected chi connectivity index (χ3v) is 5.06. The van der Waals surface area contributed by atoms with E-state index in [1.807, 2.05) is 29.2 Å². The fourth-order valence-corrected chi connectivity index (χ4v) is 3.68. The van der Waals surface area contributed by atoms with E-state index in [-0.39, 0.29) is 5.91 Å². The van der Waals surface area contributed by atoms with Crippen LogP contribution < -0.4 is 0 Å². The predicted octanol–water partition coefficient (Wildman–Crippen LogP) is 2.60. The van der Waals surface area contributed by atoms with E-state index in [0.29, 0.717) is 12.5 Å². The normalized spacial score (nSPS) is 23.0. The van der Waals surface area contributed by atoms with E-state index >= 15 is 0 Å². The Bertz CT molecular complexity index is 532. The molecule has 0 radical (unpaired) electrons. The molecular formula is C18H25ClN2O2. The van der Waals surface area contributed by atoms with Crippen molar-refractivity contribution in [2.24, 2.45) is 0 Å². The van der Waals surface area contributed by atoms with Gasteiger partial charge in [-0.3, -0.25) is 9.69 Å². The lowest BCUT2D eigenvalue weighted by Gasteiger charge is -2.26. The van der Waals surface area contributed by atoms with Crippen molar-refractivity contribution >= 4 is 17.5 Å². The number of hydrogen-bond donors (Lipinski definition) is 0. The van der Waals surface area contributed by atoms with Crippen molar-refractivity contribution in [1.82, 2.24) is 9.80 Å². The van der Waals surface area contributed by atoms with Crippen molar-refractivity contribution in [2.45, 2.75) is 31.7 Å². The monoisotopic (exact) mass is 336 g/mol. The van der Waals surface area contributed by atoms with Gasteiger partial charge in [-0.1, -0.05) is 23.7 Å². The molecule has 0 aromatic heterocycles. The molecule has 1 amide bonds. The first-order valence-electron chi connectivity index (χ1n) is 8.56. The van der Waals surface area contributed by atoms with Gasteiger partial charge in [0.1, 0.15) is 0 Å². The predicted molar refractivity (Wildman–Crippen MR) is 91.8 cm³/mol. The van der Waals surface area contributed by atoms with Gasteiger partial charge in [0, 0.05) is 50.3 Å². The molecule has 3 rings (SSSR count). The fourth-order valence-electron chi connectivity index (χ4n) is 3.46. The van der Waals surface area contributed by atoms with Gasteiger partial charge in [0.15, 0.2) is 0 Å². The van der Waals surface area contributed by atoms with Gasteiger partial charge in [-0.05, 0) is 37.0 Å². The van der Waals surface area contributed by atoms with Crippen LogP contribution in [0.4, 0.5) is 0 Å². The third kappa shape index (κ3) is 4.69. The fraction of sp³-hybridized carbons (Fsp3) is 0.611. The molecule has 4 nitrogen and oxygen atoms in total. The van der Waals surface area contributed by atoms with Gasteiger partial charge in [-0.25, -0.2) is 0 Å². The molecule has 0 unspecified atom stereocenters. The summed E-state index contributed by atoms with van der Waals surface area (Å²) < 4.78 is 5.49. The summed E-state index contributed by atoms with van der Waals surface area (Å²) in [4.78, 5) is 17.0. The number of carbonyl (C=O) groups excluding carboxylic acids is 1. The lowest BCUT2D eigenvalue weighted by molar-refractivity contribution is -0.131. The minimum absolute atomic E-state index is 0.259. The molecule has 5 heteroatoms. The molecule has 1 atom stereocenters. The quantitative estimate of drug-likeness (QED) is 0.847. The van der Waals surface area contributed by atoms with Crippen LogP contribution in [0.1, 0.15) is 24.8 Å². The Morgan fingerprint density at radius 1 is 1.26 bits per heavy atom. The number of amides is 1. The largest absolute Gasteiger partial charge is 0.380 e. The van der Waals surface area contributed by atoms with Crippen LogP contribution in [0.15, 0.2) is 24.3 Å². The maximum atomic E-state index is 12.5. The van der Waals surface area contributed by atoms with Gasteiger partial charge in [0.25, 0.3) is 0 Å². The third-order valence-electron chi connectivity index (χ3n) is 4.82. The summed E-state index contributed by atoms with van der Waals surface area (Å²) in [6.45, 7) is 5.48. The molecule has 1 aromatic carbocycles. The molecule has 126 valence electrons. The van der Waals surface area contributed by atoms with Gasteiger partial charge >= 0.3 is 0 Å². The van der Waals surface area contributed by atoms with Crippen molar-refractivity contribution in [3.63, 3.8) is 0 Å². The average Bonchev–Trinajstić information content (AvgIpc) is 2.97. The summed E-state index contributed by atoms with van der Waals surface area (Å²) in [5, 5.41) is 0.735. The van der Waals surface area contributed by atoms with Gasteiger partial charge in [-0.2, -0.15) is 0 Å². The number of halogens is 1. The Balaban J connectivity index is 1.47. The second-order valence-electron chi connectivity index (χ2n) is 6.42. The molecule has 0 N–H and O–H groups in total. The zero-order valence-electron chi connectivity index (χ0n) is 13.5. The van der Waals surface area contributed by atoms with Crippen LogP contribution in [0.2, 0.25) is 5.02 Å². The second kappa shape index (κ2) is 8.13. The summed E-state index contributed by atoms with van der Waals surface area (Å²) in [6.07, 6.45) is 3.51. The Labute approximate surface area is 143 Å². The second-order valence-corrected chi connectivity index (χ2v) is 6.85. The number of aryl methyl sites for hydroxylation is 1. The first kappa shape index (κ1) is 16.7. The number of ether oxygens (including phenoxy) is 1. The van der Waals surface area contributed by atoms with E-state index in [9.17, 15) is 4.79 Å². The van der Waals surface area contributed by atoms with Crippen LogP contribution in [0.5, 0.6) is 0 Å². The van der Waals surface area contributed by atoms with E-state index < -0.39 is 0 Å². The van der Waals surface area contributed by atoms with Crippen LogP contribution in [-0.2, 0) is 16.0 Å². The number of hydrogen-bond acceptors (Lipinski definition) is 3. The van der Waals surface area contributed by atoms with Crippen LogP contribution in [0.3, 0.4) is 0 Å². The maximum Gasteiger partial charge on any atom is 0.222 e. The number of nitrogens with zero attached hydrogens (tertiary/aromatic N) is 2. The van der Waals surface area contributed by atoms with Crippen LogP contribution in [-0.4, -0.2) is 61.1 Å². The van der Waals surface area contributed by atoms with E-state index in [0.717, 1.165) is 69.2 Å². The molecule has 2 aliphatic rings. The Morgan fingerprint density at radius 2 is 2.17 bits per heavy atom. The summed E-state index contributed by atoms with van der Waals surface area (Å²) in [6, 6.07) is 8.33. The van der Waals surface area contributed by atoms with Gasteiger partial charge in [0.2, 0.25) is 5.91 Å². The minimum atomic E-state index is 0.259. The molecule has 0 saturated carbocycles. The highest BCUT2D eigenvalue weighted by molar-refractivity contribution is 6.30. The highest BCUT2D eigenvalue weighted by atomic mass is 35.5. The molecule has 0 spiro atoms. The number of rotatable bonds is 4.